The maximum atomic E-state index is 11.6. The third-order valence-electron chi connectivity index (χ3n) is 3.47. The van der Waals surface area contributed by atoms with E-state index in [0.29, 0.717) is 18.1 Å². The van der Waals surface area contributed by atoms with Gasteiger partial charge < -0.3 is 5.32 Å². The predicted molar refractivity (Wildman–Crippen MR) is 84.9 cm³/mol. The van der Waals surface area contributed by atoms with Crippen LogP contribution < -0.4 is 5.32 Å². The fourth-order valence-corrected chi connectivity index (χ4v) is 4.70. The third kappa shape index (κ3) is 5.16. The monoisotopic (exact) mass is 316 g/mol. The van der Waals surface area contributed by atoms with Gasteiger partial charge in [0.25, 0.3) is 0 Å². The van der Waals surface area contributed by atoms with Crippen molar-refractivity contribution in [1.29, 1.82) is 0 Å². The van der Waals surface area contributed by atoms with Crippen molar-refractivity contribution in [2.45, 2.75) is 32.9 Å². The van der Waals surface area contributed by atoms with E-state index >= 15 is 0 Å². The molecule has 1 aliphatic heterocycles. The molecule has 1 aromatic rings. The van der Waals surface area contributed by atoms with Crippen LogP contribution in [0.5, 0.6) is 0 Å². The molecule has 1 aliphatic rings. The van der Waals surface area contributed by atoms with Crippen molar-refractivity contribution in [2.24, 2.45) is 0 Å². The van der Waals surface area contributed by atoms with Gasteiger partial charge in [0.05, 0.1) is 11.5 Å². The van der Waals surface area contributed by atoms with Crippen LogP contribution in [-0.2, 0) is 22.9 Å². The molecule has 2 rings (SSSR count). The summed E-state index contributed by atoms with van der Waals surface area (Å²) in [6.45, 7) is 6.60. The average molecular weight is 316 g/mol. The Morgan fingerprint density at radius 3 is 2.85 bits per heavy atom. The minimum atomic E-state index is -2.80. The first-order chi connectivity index (χ1) is 9.59. The lowest BCUT2D eigenvalue weighted by Crippen LogP contribution is -2.26. The molecule has 20 heavy (non-hydrogen) atoms. The number of hydrogen-bond acceptors (Lipinski definition) is 5. The molecule has 114 valence electrons. The first-order valence-corrected chi connectivity index (χ1v) is 9.94. The van der Waals surface area contributed by atoms with Crippen molar-refractivity contribution in [3.63, 3.8) is 0 Å². The van der Waals surface area contributed by atoms with E-state index in [9.17, 15) is 8.42 Å². The highest BCUT2D eigenvalue weighted by molar-refractivity contribution is 7.91. The van der Waals surface area contributed by atoms with E-state index in [-0.39, 0.29) is 0 Å². The van der Waals surface area contributed by atoms with Gasteiger partial charge in [-0.2, -0.15) is 0 Å². The van der Waals surface area contributed by atoms with Crippen LogP contribution in [0.2, 0.25) is 0 Å². The van der Waals surface area contributed by atoms with Crippen LogP contribution in [0, 0.1) is 0 Å². The first kappa shape index (κ1) is 15.9. The molecule has 0 radical (unpaired) electrons. The van der Waals surface area contributed by atoms with Crippen molar-refractivity contribution in [2.75, 3.05) is 31.1 Å². The van der Waals surface area contributed by atoms with E-state index < -0.39 is 9.84 Å². The number of thiophene rings is 1. The summed E-state index contributed by atoms with van der Waals surface area (Å²) in [7, 11) is -2.80. The van der Waals surface area contributed by atoms with Crippen molar-refractivity contribution < 1.29 is 8.42 Å². The third-order valence-corrected chi connectivity index (χ3v) is 6.26. The Labute approximate surface area is 126 Å². The number of nitrogens with zero attached hydrogens (tertiary/aromatic N) is 1. The zero-order chi connectivity index (χ0) is 14.4. The Morgan fingerprint density at radius 1 is 1.25 bits per heavy atom. The maximum absolute atomic E-state index is 11.6. The van der Waals surface area contributed by atoms with Gasteiger partial charge in [-0.05, 0) is 38.1 Å². The molecule has 0 aliphatic carbocycles. The topological polar surface area (TPSA) is 49.4 Å². The Bertz CT molecular complexity index is 511. The summed E-state index contributed by atoms with van der Waals surface area (Å²) in [5.74, 6) is 0.656. The minimum Gasteiger partial charge on any atom is -0.312 e. The molecule has 6 heteroatoms. The van der Waals surface area contributed by atoms with E-state index in [0.717, 1.165) is 39.0 Å². The summed E-state index contributed by atoms with van der Waals surface area (Å²) >= 11 is 1.83. The largest absolute Gasteiger partial charge is 0.312 e. The molecule has 0 amide bonds. The molecule has 4 nitrogen and oxygen atoms in total. The first-order valence-electron chi connectivity index (χ1n) is 7.30. The van der Waals surface area contributed by atoms with Crippen LogP contribution in [0.4, 0.5) is 0 Å². The Hall–Kier alpha value is -0.430. The van der Waals surface area contributed by atoms with Crippen LogP contribution in [-0.4, -0.2) is 44.5 Å². The van der Waals surface area contributed by atoms with Gasteiger partial charge in [0, 0.05) is 29.4 Å². The summed E-state index contributed by atoms with van der Waals surface area (Å²) in [6, 6.07) is 4.35. The molecule has 0 atom stereocenters. The van der Waals surface area contributed by atoms with Crippen LogP contribution in [0.3, 0.4) is 0 Å². The molecule has 1 N–H and O–H groups in total. The summed E-state index contributed by atoms with van der Waals surface area (Å²) in [5.41, 5.74) is 0. The molecule has 0 unspecified atom stereocenters. The van der Waals surface area contributed by atoms with Gasteiger partial charge in [-0.3, -0.25) is 4.90 Å². The lowest BCUT2D eigenvalue weighted by Gasteiger charge is -2.17. The van der Waals surface area contributed by atoms with Gasteiger partial charge in [-0.1, -0.05) is 6.92 Å². The molecular formula is C14H24N2O2S2. The van der Waals surface area contributed by atoms with Crippen LogP contribution in [0.1, 0.15) is 29.5 Å². The lowest BCUT2D eigenvalue weighted by atomic mass is 10.3. The summed E-state index contributed by atoms with van der Waals surface area (Å²) in [5, 5.41) is 3.41. The second-order valence-electron chi connectivity index (χ2n) is 5.33. The van der Waals surface area contributed by atoms with Crippen LogP contribution in [0.15, 0.2) is 12.1 Å². The van der Waals surface area contributed by atoms with Crippen molar-refractivity contribution in [1.82, 2.24) is 10.2 Å². The average Bonchev–Trinajstić information content (AvgIpc) is 2.76. The van der Waals surface area contributed by atoms with E-state index in [4.69, 9.17) is 0 Å². The predicted octanol–water partition coefficient (Wildman–Crippen LogP) is 1.87. The SMILES string of the molecule is CCCNCc1ccc(CN2CCCS(=O)(=O)CC2)s1. The smallest absolute Gasteiger partial charge is 0.151 e. The maximum Gasteiger partial charge on any atom is 0.151 e. The van der Waals surface area contributed by atoms with Crippen molar-refractivity contribution in [3.8, 4) is 0 Å². The number of nitrogens with one attached hydrogen (secondary N) is 1. The Balaban J connectivity index is 1.84. The highest BCUT2D eigenvalue weighted by Crippen LogP contribution is 2.19. The van der Waals surface area contributed by atoms with Crippen molar-refractivity contribution >= 4 is 21.2 Å². The van der Waals surface area contributed by atoms with Gasteiger partial charge >= 0.3 is 0 Å². The van der Waals surface area contributed by atoms with E-state index in [2.05, 4.69) is 29.3 Å². The Morgan fingerprint density at radius 2 is 2.05 bits per heavy atom. The van der Waals surface area contributed by atoms with Gasteiger partial charge in [-0.15, -0.1) is 11.3 Å². The fraction of sp³-hybridized carbons (Fsp3) is 0.714. The quantitative estimate of drug-likeness (QED) is 0.814. The molecule has 1 aromatic heterocycles. The molecule has 0 spiro atoms. The van der Waals surface area contributed by atoms with E-state index in [1.54, 1.807) is 0 Å². The minimum absolute atomic E-state index is 0.309. The molecular weight excluding hydrogens is 292 g/mol. The van der Waals surface area contributed by atoms with Crippen LogP contribution >= 0.6 is 11.3 Å². The molecule has 1 fully saturated rings. The summed E-state index contributed by atoms with van der Waals surface area (Å²) in [6.07, 6.45) is 1.92. The normalized spacial score (nSPS) is 19.9. The zero-order valence-corrected chi connectivity index (χ0v) is 13.7. The van der Waals surface area contributed by atoms with Gasteiger partial charge in [0.2, 0.25) is 0 Å². The van der Waals surface area contributed by atoms with Gasteiger partial charge in [0.1, 0.15) is 0 Å². The molecule has 0 aromatic carbocycles. The Kier molecular flexibility index (Phi) is 6.01. The van der Waals surface area contributed by atoms with Gasteiger partial charge in [0.15, 0.2) is 9.84 Å². The highest BCUT2D eigenvalue weighted by Gasteiger charge is 2.19. The molecule has 0 bridgehead atoms. The summed E-state index contributed by atoms with van der Waals surface area (Å²) < 4.78 is 23.2. The van der Waals surface area contributed by atoms with Gasteiger partial charge in [-0.25, -0.2) is 8.42 Å². The zero-order valence-electron chi connectivity index (χ0n) is 12.1. The van der Waals surface area contributed by atoms with E-state index in [1.807, 2.05) is 11.3 Å². The fourth-order valence-electron chi connectivity index (χ4n) is 2.36. The molecule has 2 heterocycles. The van der Waals surface area contributed by atoms with Crippen LogP contribution in [0.25, 0.3) is 0 Å². The molecule has 0 saturated carbocycles. The van der Waals surface area contributed by atoms with Crippen molar-refractivity contribution in [3.05, 3.63) is 21.9 Å². The second kappa shape index (κ2) is 7.54. The highest BCUT2D eigenvalue weighted by atomic mass is 32.2. The molecule has 1 saturated heterocycles. The number of sulfone groups is 1. The number of rotatable bonds is 6. The summed E-state index contributed by atoms with van der Waals surface area (Å²) in [4.78, 5) is 4.95. The standard InChI is InChI=1S/C14H24N2O2S2/c1-2-6-15-11-13-4-5-14(19-13)12-16-7-3-9-20(17,18)10-8-16/h4-5,15H,2-3,6-12H2,1H3. The number of hydrogen-bond donors (Lipinski definition) is 1. The lowest BCUT2D eigenvalue weighted by molar-refractivity contribution is 0.290. The second-order valence-corrected chi connectivity index (χ2v) is 8.88. The van der Waals surface area contributed by atoms with E-state index in [1.165, 1.54) is 9.75 Å².